The summed E-state index contributed by atoms with van der Waals surface area (Å²) >= 11 is 25.4. The fourth-order valence-corrected chi connectivity index (χ4v) is 10.2. The number of esters is 2. The first-order chi connectivity index (χ1) is 34.0. The highest BCUT2D eigenvalue weighted by molar-refractivity contribution is 6.44. The molecule has 0 atom stereocenters. The van der Waals surface area contributed by atoms with E-state index in [2.05, 4.69) is 32.2 Å². The van der Waals surface area contributed by atoms with Crippen molar-refractivity contribution in [1.29, 1.82) is 0 Å². The second kappa shape index (κ2) is 25.0. The van der Waals surface area contributed by atoms with Gasteiger partial charge in [0.25, 0.3) is 0 Å². The Kier molecular flexibility index (Phi) is 18.4. The molecule has 2 saturated heterocycles. The van der Waals surface area contributed by atoms with Crippen LogP contribution in [0.25, 0.3) is 0 Å². The average Bonchev–Trinajstić information content (AvgIpc) is 3.37. The van der Waals surface area contributed by atoms with Crippen LogP contribution in [0.2, 0.25) is 20.1 Å². The summed E-state index contributed by atoms with van der Waals surface area (Å²) in [7, 11) is 0. The van der Waals surface area contributed by atoms with Gasteiger partial charge in [-0.1, -0.05) is 77.2 Å². The summed E-state index contributed by atoms with van der Waals surface area (Å²) in [6, 6.07) is 23.3. The van der Waals surface area contributed by atoms with E-state index < -0.39 is 11.9 Å². The molecule has 4 aliphatic heterocycles. The number of amides is 1. The monoisotopic (exact) mass is 1030 g/mol. The van der Waals surface area contributed by atoms with Crippen LogP contribution in [-0.2, 0) is 36.7 Å². The highest BCUT2D eigenvalue weighted by atomic mass is 35.5. The number of halogens is 4. The van der Waals surface area contributed by atoms with Gasteiger partial charge in [0.15, 0.2) is 13.5 Å². The Labute approximate surface area is 431 Å². The molecule has 0 radical (unpaired) electrons. The minimum Gasteiger partial charge on any atom is -0.494 e. The van der Waals surface area contributed by atoms with E-state index in [1.54, 1.807) is 0 Å². The normalized spacial score (nSPS) is 16.5. The summed E-state index contributed by atoms with van der Waals surface area (Å²) in [4.78, 5) is 51.7. The lowest BCUT2D eigenvalue weighted by molar-refractivity contribution is -0.150. The lowest BCUT2D eigenvalue weighted by Crippen LogP contribution is -2.46. The summed E-state index contributed by atoms with van der Waals surface area (Å²) in [6.07, 6.45) is 5.88. The lowest BCUT2D eigenvalue weighted by Gasteiger charge is -2.36. The van der Waals surface area contributed by atoms with Crippen LogP contribution in [0.4, 0.5) is 22.7 Å². The van der Waals surface area contributed by atoms with Gasteiger partial charge >= 0.3 is 11.9 Å². The summed E-state index contributed by atoms with van der Waals surface area (Å²) in [6.45, 7) is 14.4. The van der Waals surface area contributed by atoms with E-state index >= 15 is 0 Å². The van der Waals surface area contributed by atoms with Crippen molar-refractivity contribution >= 4 is 87.0 Å². The number of carbonyl (C=O) groups excluding carboxylic acids is 3. The van der Waals surface area contributed by atoms with Gasteiger partial charge in [0, 0.05) is 76.6 Å². The van der Waals surface area contributed by atoms with Crippen molar-refractivity contribution in [2.45, 2.75) is 64.2 Å². The Morgan fingerprint density at radius 1 is 0.529 bits per heavy atom. The topological polar surface area (TPSA) is 108 Å². The summed E-state index contributed by atoms with van der Waals surface area (Å²) in [5, 5.41) is 2.37. The zero-order chi connectivity index (χ0) is 49.0. The fourth-order valence-electron chi connectivity index (χ4n) is 9.36. The summed E-state index contributed by atoms with van der Waals surface area (Å²) in [5.74, 6) is 0.107. The molecule has 0 spiro atoms. The molecule has 70 heavy (non-hydrogen) atoms. The number of nitrogens with zero attached hydrogens (tertiary/aromatic N) is 6. The van der Waals surface area contributed by atoms with Crippen LogP contribution in [0.5, 0.6) is 11.5 Å². The van der Waals surface area contributed by atoms with Gasteiger partial charge in [0.05, 0.1) is 68.9 Å². The Balaban J connectivity index is 0.715. The molecule has 0 aliphatic carbocycles. The molecule has 0 unspecified atom stereocenters. The van der Waals surface area contributed by atoms with Crippen LogP contribution < -0.4 is 29.1 Å². The van der Waals surface area contributed by atoms with Gasteiger partial charge in [0.2, 0.25) is 5.91 Å². The molecule has 17 heteroatoms. The number of ether oxygens (including phenoxy) is 4. The van der Waals surface area contributed by atoms with Crippen LogP contribution in [0.1, 0.15) is 62.5 Å². The fraction of sp³-hybridized carbons (Fsp3) is 0.453. The maximum Gasteiger partial charge on any atom is 0.308 e. The number of hydrogen-bond donors (Lipinski definition) is 0. The molecule has 0 aromatic heterocycles. The molecule has 4 aromatic rings. The van der Waals surface area contributed by atoms with Crippen molar-refractivity contribution < 1.29 is 33.3 Å². The van der Waals surface area contributed by atoms with E-state index in [0.29, 0.717) is 57.6 Å². The summed E-state index contributed by atoms with van der Waals surface area (Å²) in [5.41, 5.74) is 6.45. The minimum atomic E-state index is -0.602. The highest BCUT2D eigenvalue weighted by Crippen LogP contribution is 2.37. The van der Waals surface area contributed by atoms with Gasteiger partial charge in [-0.25, -0.2) is 0 Å². The van der Waals surface area contributed by atoms with E-state index in [-0.39, 0.29) is 32.2 Å². The standard InChI is InChI=1S/C53H62Cl4N6O7/c1-38-12-13-39-14-17-41(67-32-4-2-22-58-24-28-60(29-25-58)45-10-6-8-43(54)52(45)56)34-47(39)62(38)36-69-50(65)20-21-51(66)70-37-63-48-35-42(18-15-40(48)16-19-49(63)64)68-33-5-3-23-59-26-30-61(31-27-59)46-11-7-9-44(55)53(46)57/h6-11,14-15,17-18,34-35H,1-5,12-13,16,19-33,36-37H2. The van der Waals surface area contributed by atoms with Crippen LogP contribution >= 0.6 is 46.4 Å². The van der Waals surface area contributed by atoms with E-state index in [1.807, 2.05) is 71.6 Å². The van der Waals surface area contributed by atoms with Gasteiger partial charge in [-0.3, -0.25) is 29.1 Å². The number of hydrogen-bond acceptors (Lipinski definition) is 12. The lowest BCUT2D eigenvalue weighted by atomic mass is 10.00. The predicted octanol–water partition coefficient (Wildman–Crippen LogP) is 10.3. The van der Waals surface area contributed by atoms with Gasteiger partial charge in [-0.2, -0.15) is 0 Å². The molecule has 1 amide bonds. The molecule has 374 valence electrons. The number of carbonyl (C=O) groups is 3. The van der Waals surface area contributed by atoms with Crippen LogP contribution in [-0.4, -0.2) is 120 Å². The second-order valence-corrected chi connectivity index (χ2v) is 19.7. The first-order valence-corrected chi connectivity index (χ1v) is 25.9. The van der Waals surface area contributed by atoms with E-state index in [1.165, 1.54) is 4.90 Å². The molecule has 8 rings (SSSR count). The summed E-state index contributed by atoms with van der Waals surface area (Å²) < 4.78 is 23.5. The van der Waals surface area contributed by atoms with Crippen LogP contribution in [0.3, 0.4) is 0 Å². The molecular weight excluding hydrogens is 974 g/mol. The van der Waals surface area contributed by atoms with Gasteiger partial charge < -0.3 is 33.6 Å². The molecule has 4 aliphatic rings. The van der Waals surface area contributed by atoms with E-state index in [0.717, 1.165) is 144 Å². The van der Waals surface area contributed by atoms with Crippen molar-refractivity contribution in [3.05, 3.63) is 116 Å². The van der Waals surface area contributed by atoms with Gasteiger partial charge in [-0.15, -0.1) is 0 Å². The molecule has 0 N–H and O–H groups in total. The number of anilines is 4. The first-order valence-electron chi connectivity index (χ1n) is 24.4. The third kappa shape index (κ3) is 13.5. The Morgan fingerprint density at radius 3 is 1.49 bits per heavy atom. The van der Waals surface area contributed by atoms with Crippen molar-refractivity contribution in [1.82, 2.24) is 9.80 Å². The molecule has 4 heterocycles. The van der Waals surface area contributed by atoms with Gasteiger partial charge in [-0.05, 0) is 106 Å². The van der Waals surface area contributed by atoms with Crippen molar-refractivity contribution in [2.75, 3.05) is 112 Å². The second-order valence-electron chi connectivity index (χ2n) is 18.1. The smallest absolute Gasteiger partial charge is 0.308 e. The van der Waals surface area contributed by atoms with E-state index in [9.17, 15) is 14.4 Å². The number of benzene rings is 4. The Bertz CT molecular complexity index is 2310. The molecular formula is C53H62Cl4N6O7. The zero-order valence-electron chi connectivity index (χ0n) is 39.7. The third-order valence-corrected chi connectivity index (χ3v) is 15.1. The Morgan fingerprint density at radius 2 is 0.986 bits per heavy atom. The predicted molar refractivity (Wildman–Crippen MR) is 279 cm³/mol. The number of rotatable bonds is 21. The van der Waals surface area contributed by atoms with E-state index in [4.69, 9.17) is 65.4 Å². The SMILES string of the molecule is C=C1CCc2ccc(OCCCCN3CCN(c4cccc(Cl)c4Cl)CC3)cc2N1COC(=O)CCC(=O)OCN1C(=O)CCc2ccc(OCCCCN3CCN(c4cccc(Cl)c4Cl)CC3)cc21. The molecule has 2 fully saturated rings. The number of allylic oxidation sites excluding steroid dienone is 1. The maximum absolute atomic E-state index is 13.1. The third-order valence-electron chi connectivity index (χ3n) is 13.5. The van der Waals surface area contributed by atoms with Crippen molar-refractivity contribution in [3.8, 4) is 11.5 Å². The zero-order valence-corrected chi connectivity index (χ0v) is 42.7. The van der Waals surface area contributed by atoms with Crippen molar-refractivity contribution in [3.63, 3.8) is 0 Å². The first kappa shape index (κ1) is 51.5. The largest absolute Gasteiger partial charge is 0.494 e. The van der Waals surface area contributed by atoms with Crippen LogP contribution in [0, 0.1) is 0 Å². The molecule has 0 bridgehead atoms. The number of fused-ring (bicyclic) bond motifs is 2. The molecule has 4 aromatic carbocycles. The highest BCUT2D eigenvalue weighted by Gasteiger charge is 2.27. The van der Waals surface area contributed by atoms with Crippen molar-refractivity contribution in [2.24, 2.45) is 0 Å². The average molecular weight is 1040 g/mol. The molecule has 13 nitrogen and oxygen atoms in total. The Hall–Kier alpha value is -4.89. The number of aryl methyl sites for hydroxylation is 2. The molecule has 0 saturated carbocycles. The minimum absolute atomic E-state index is 0.0393. The number of piperazine rings is 2. The van der Waals surface area contributed by atoms with Crippen LogP contribution in [0.15, 0.2) is 85.1 Å². The van der Waals surface area contributed by atoms with Gasteiger partial charge in [0.1, 0.15) is 11.5 Å². The number of unbranched alkanes of at least 4 members (excludes halogenated alkanes) is 2. The maximum atomic E-state index is 13.1. The quantitative estimate of drug-likeness (QED) is 0.0586.